The summed E-state index contributed by atoms with van der Waals surface area (Å²) in [5.74, 6) is 0.930. The van der Waals surface area contributed by atoms with Crippen molar-refractivity contribution in [3.05, 3.63) is 27.4 Å². The zero-order chi connectivity index (χ0) is 15.2. The van der Waals surface area contributed by atoms with Gasteiger partial charge < -0.3 is 10.2 Å². The summed E-state index contributed by atoms with van der Waals surface area (Å²) in [5, 5.41) is 14.9. The maximum atomic E-state index is 11.2. The van der Waals surface area contributed by atoms with Crippen molar-refractivity contribution in [1.29, 1.82) is 0 Å². The summed E-state index contributed by atoms with van der Waals surface area (Å²) in [4.78, 5) is 17.1. The van der Waals surface area contributed by atoms with Crippen molar-refractivity contribution < 1.29 is 4.92 Å². The number of nitro groups is 1. The van der Waals surface area contributed by atoms with Gasteiger partial charge in [0.05, 0.1) is 9.95 Å². The summed E-state index contributed by atoms with van der Waals surface area (Å²) in [6.45, 7) is 5.63. The van der Waals surface area contributed by atoms with Crippen molar-refractivity contribution in [2.45, 2.75) is 26.2 Å². The topological polar surface area (TPSA) is 71.3 Å². The van der Waals surface area contributed by atoms with Crippen LogP contribution in [0.3, 0.4) is 0 Å². The third-order valence-electron chi connectivity index (χ3n) is 3.68. The number of piperidine rings is 1. The van der Waals surface area contributed by atoms with Gasteiger partial charge in [-0.15, -0.1) is 0 Å². The smallest absolute Gasteiger partial charge is 0.313 e. The first kappa shape index (κ1) is 16.0. The second-order valence-corrected chi connectivity index (χ2v) is 5.85. The van der Waals surface area contributed by atoms with Gasteiger partial charge in [0, 0.05) is 25.4 Å². The summed E-state index contributed by atoms with van der Waals surface area (Å²) in [6, 6.07) is 1.38. The number of hydrogen-bond acceptors (Lipinski definition) is 5. The van der Waals surface area contributed by atoms with Crippen LogP contribution >= 0.6 is 11.6 Å². The molecule has 1 atom stereocenters. The van der Waals surface area contributed by atoms with E-state index in [4.69, 9.17) is 11.6 Å². The predicted octanol–water partition coefficient (Wildman–Crippen LogP) is 2.86. The van der Waals surface area contributed by atoms with Crippen molar-refractivity contribution in [2.75, 3.05) is 31.1 Å². The third kappa shape index (κ3) is 4.28. The molecule has 1 aromatic heterocycles. The summed E-state index contributed by atoms with van der Waals surface area (Å²) in [6.07, 6.45) is 4.70. The minimum atomic E-state index is -0.407. The molecule has 1 unspecified atom stereocenters. The number of pyridine rings is 1. The molecule has 0 bridgehead atoms. The van der Waals surface area contributed by atoms with E-state index in [0.717, 1.165) is 45.4 Å². The average molecular weight is 313 g/mol. The molecule has 0 spiro atoms. The molecule has 21 heavy (non-hydrogen) atoms. The van der Waals surface area contributed by atoms with E-state index in [1.165, 1.54) is 12.3 Å². The van der Waals surface area contributed by atoms with Gasteiger partial charge in [0.25, 0.3) is 0 Å². The van der Waals surface area contributed by atoms with E-state index in [1.807, 2.05) is 4.90 Å². The van der Waals surface area contributed by atoms with Gasteiger partial charge in [-0.25, -0.2) is 4.98 Å². The van der Waals surface area contributed by atoms with Crippen molar-refractivity contribution in [3.63, 3.8) is 0 Å². The van der Waals surface area contributed by atoms with Gasteiger partial charge in [-0.05, 0) is 38.3 Å². The van der Waals surface area contributed by atoms with Gasteiger partial charge in [-0.2, -0.15) is 0 Å². The zero-order valence-corrected chi connectivity index (χ0v) is 13.0. The minimum absolute atomic E-state index is 0.0141. The molecule has 7 heteroatoms. The van der Waals surface area contributed by atoms with E-state index >= 15 is 0 Å². The molecule has 6 nitrogen and oxygen atoms in total. The quantitative estimate of drug-likeness (QED) is 0.646. The van der Waals surface area contributed by atoms with Gasteiger partial charge in [-0.1, -0.05) is 18.5 Å². The second-order valence-electron chi connectivity index (χ2n) is 5.41. The number of rotatable bonds is 6. The Hall–Kier alpha value is -1.40. The molecule has 0 aromatic carbocycles. The first-order valence-corrected chi connectivity index (χ1v) is 7.75. The Morgan fingerprint density at radius 2 is 2.43 bits per heavy atom. The zero-order valence-electron chi connectivity index (χ0n) is 12.2. The lowest BCUT2D eigenvalue weighted by Gasteiger charge is -2.30. The second kappa shape index (κ2) is 7.56. The number of anilines is 1. The molecule has 0 amide bonds. The predicted molar refractivity (Wildman–Crippen MR) is 84.0 cm³/mol. The highest BCUT2D eigenvalue weighted by molar-refractivity contribution is 6.30. The molecular formula is C14H21ClN4O2. The van der Waals surface area contributed by atoms with E-state index < -0.39 is 4.92 Å². The lowest BCUT2D eigenvalue weighted by atomic mass is 9.99. The molecule has 0 radical (unpaired) electrons. The van der Waals surface area contributed by atoms with Crippen LogP contribution < -0.4 is 10.2 Å². The van der Waals surface area contributed by atoms with Crippen LogP contribution in [0.1, 0.15) is 26.2 Å². The SMILES string of the molecule is CCCN(CC1CCCNC1)c1ncc(Cl)cc1[N+](=O)[O-]. The largest absolute Gasteiger partial charge is 0.351 e. The number of halogens is 1. The minimum Gasteiger partial charge on any atom is -0.351 e. The Labute approximate surface area is 129 Å². The van der Waals surface area contributed by atoms with Gasteiger partial charge in [0.2, 0.25) is 5.82 Å². The summed E-state index contributed by atoms with van der Waals surface area (Å²) in [5.41, 5.74) is -0.0141. The molecule has 2 heterocycles. The van der Waals surface area contributed by atoms with Crippen LogP contribution in [0.2, 0.25) is 5.02 Å². The maximum Gasteiger partial charge on any atom is 0.313 e. The normalized spacial score (nSPS) is 18.5. The van der Waals surface area contributed by atoms with Gasteiger partial charge in [-0.3, -0.25) is 10.1 Å². The van der Waals surface area contributed by atoms with E-state index in [2.05, 4.69) is 17.2 Å². The first-order chi connectivity index (χ1) is 10.1. The average Bonchev–Trinajstić information content (AvgIpc) is 2.48. The number of aromatic nitrogens is 1. The van der Waals surface area contributed by atoms with Crippen LogP contribution in [0.15, 0.2) is 12.3 Å². The third-order valence-corrected chi connectivity index (χ3v) is 3.89. The fourth-order valence-electron chi connectivity index (χ4n) is 2.74. The standard InChI is InChI=1S/C14H21ClN4O2/c1-2-6-18(10-11-4-3-5-16-8-11)14-13(19(20)21)7-12(15)9-17-14/h7,9,11,16H,2-6,8,10H2,1H3. The number of nitrogens with zero attached hydrogens (tertiary/aromatic N) is 3. The van der Waals surface area contributed by atoms with Crippen LogP contribution in [-0.4, -0.2) is 36.1 Å². The molecule has 1 aromatic rings. The summed E-state index contributed by atoms with van der Waals surface area (Å²) in [7, 11) is 0. The van der Waals surface area contributed by atoms with Crippen molar-refractivity contribution in [2.24, 2.45) is 5.92 Å². The van der Waals surface area contributed by atoms with Crippen molar-refractivity contribution in [3.8, 4) is 0 Å². The molecule has 2 rings (SSSR count). The van der Waals surface area contributed by atoms with Gasteiger partial charge in [0.15, 0.2) is 0 Å². The van der Waals surface area contributed by atoms with E-state index in [-0.39, 0.29) is 5.69 Å². The highest BCUT2D eigenvalue weighted by Crippen LogP contribution is 2.29. The molecular weight excluding hydrogens is 292 g/mol. The van der Waals surface area contributed by atoms with Gasteiger partial charge >= 0.3 is 5.69 Å². The van der Waals surface area contributed by atoms with Crippen LogP contribution in [-0.2, 0) is 0 Å². The Balaban J connectivity index is 2.22. The number of hydrogen-bond donors (Lipinski definition) is 1. The van der Waals surface area contributed by atoms with E-state index in [1.54, 1.807) is 0 Å². The Bertz CT molecular complexity index is 492. The highest BCUT2D eigenvalue weighted by atomic mass is 35.5. The molecule has 0 aliphatic carbocycles. The summed E-state index contributed by atoms with van der Waals surface area (Å²) < 4.78 is 0. The highest BCUT2D eigenvalue weighted by Gasteiger charge is 2.24. The molecule has 1 fully saturated rings. The monoisotopic (exact) mass is 312 g/mol. The fourth-order valence-corrected chi connectivity index (χ4v) is 2.90. The van der Waals surface area contributed by atoms with Crippen LogP contribution in [0.4, 0.5) is 11.5 Å². The van der Waals surface area contributed by atoms with Crippen molar-refractivity contribution in [1.82, 2.24) is 10.3 Å². The molecule has 1 aliphatic heterocycles. The van der Waals surface area contributed by atoms with Crippen LogP contribution in [0.5, 0.6) is 0 Å². The fraction of sp³-hybridized carbons (Fsp3) is 0.643. The van der Waals surface area contributed by atoms with Crippen LogP contribution in [0.25, 0.3) is 0 Å². The lowest BCUT2D eigenvalue weighted by Crippen LogP contribution is -2.39. The van der Waals surface area contributed by atoms with Crippen LogP contribution in [0, 0.1) is 16.0 Å². The van der Waals surface area contributed by atoms with Crippen molar-refractivity contribution >= 4 is 23.1 Å². The Kier molecular flexibility index (Phi) is 5.76. The van der Waals surface area contributed by atoms with E-state index in [0.29, 0.717) is 16.8 Å². The molecule has 1 saturated heterocycles. The molecule has 1 aliphatic rings. The number of nitrogens with one attached hydrogen (secondary N) is 1. The summed E-state index contributed by atoms with van der Waals surface area (Å²) >= 11 is 5.84. The Morgan fingerprint density at radius 3 is 3.05 bits per heavy atom. The Morgan fingerprint density at radius 1 is 1.62 bits per heavy atom. The maximum absolute atomic E-state index is 11.2. The first-order valence-electron chi connectivity index (χ1n) is 7.37. The molecule has 0 saturated carbocycles. The van der Waals surface area contributed by atoms with Gasteiger partial charge in [0.1, 0.15) is 0 Å². The lowest BCUT2D eigenvalue weighted by molar-refractivity contribution is -0.384. The van der Waals surface area contributed by atoms with E-state index in [9.17, 15) is 10.1 Å². The molecule has 1 N–H and O–H groups in total. The molecule has 116 valence electrons.